The lowest BCUT2D eigenvalue weighted by atomic mass is 10.2. The quantitative estimate of drug-likeness (QED) is 0.799. The fraction of sp³-hybridized carbons (Fsp3) is 0.467. The van der Waals surface area contributed by atoms with E-state index in [9.17, 15) is 13.2 Å². The van der Waals surface area contributed by atoms with Crippen molar-refractivity contribution in [3.8, 4) is 0 Å². The van der Waals surface area contributed by atoms with E-state index >= 15 is 0 Å². The average Bonchev–Trinajstić information content (AvgIpc) is 3.20. The zero-order chi connectivity index (χ0) is 16.2. The molecule has 1 aromatic carbocycles. The van der Waals surface area contributed by atoms with Crippen LogP contribution in [0, 0.1) is 5.92 Å². The van der Waals surface area contributed by atoms with Gasteiger partial charge in [-0.15, -0.1) is 0 Å². The van der Waals surface area contributed by atoms with Crippen molar-refractivity contribution in [2.75, 3.05) is 16.4 Å². The Kier molecular flexibility index (Phi) is 3.70. The van der Waals surface area contributed by atoms with E-state index in [2.05, 4.69) is 4.99 Å². The van der Waals surface area contributed by atoms with Crippen LogP contribution in [0.1, 0.15) is 12.8 Å². The van der Waals surface area contributed by atoms with Crippen LogP contribution in [0.25, 0.3) is 0 Å². The Balaban J connectivity index is 1.73. The summed E-state index contributed by atoms with van der Waals surface area (Å²) >= 11 is 7.48. The number of carbonyl (C=O) groups is 1. The molecule has 8 heteroatoms. The topological polar surface area (TPSA) is 66.8 Å². The maximum absolute atomic E-state index is 12.1. The van der Waals surface area contributed by atoms with Gasteiger partial charge in [0, 0.05) is 21.9 Å². The predicted octanol–water partition coefficient (Wildman–Crippen LogP) is 2.35. The van der Waals surface area contributed by atoms with Crippen LogP contribution in [-0.4, -0.2) is 42.3 Å². The monoisotopic (exact) mass is 370 g/mol. The van der Waals surface area contributed by atoms with Crippen molar-refractivity contribution in [1.82, 2.24) is 0 Å². The molecule has 0 N–H and O–H groups in total. The van der Waals surface area contributed by atoms with E-state index in [0.29, 0.717) is 10.2 Å². The summed E-state index contributed by atoms with van der Waals surface area (Å²) < 4.78 is 23.9. The number of fused-ring (bicyclic) bond motifs is 1. The number of carbonyl (C=O) groups excluding carboxylic acids is 1. The normalized spacial score (nSPS) is 30.7. The van der Waals surface area contributed by atoms with E-state index in [0.717, 1.165) is 18.5 Å². The molecule has 0 bridgehead atoms. The number of sulfone groups is 1. The Labute approximate surface area is 144 Å². The van der Waals surface area contributed by atoms with Crippen LogP contribution in [0.4, 0.5) is 5.69 Å². The molecule has 1 aliphatic carbocycles. The van der Waals surface area contributed by atoms with Crippen LogP contribution >= 0.6 is 23.4 Å². The molecule has 0 aromatic heterocycles. The molecule has 2 atom stereocenters. The van der Waals surface area contributed by atoms with Crippen molar-refractivity contribution in [3.63, 3.8) is 0 Å². The number of nitrogens with zero attached hydrogens (tertiary/aromatic N) is 2. The van der Waals surface area contributed by atoms with E-state index in [4.69, 9.17) is 11.6 Å². The first-order valence-corrected chi connectivity index (χ1v) is 10.6. The highest BCUT2D eigenvalue weighted by molar-refractivity contribution is 8.16. The molecule has 0 spiro atoms. The molecule has 5 nitrogen and oxygen atoms in total. The van der Waals surface area contributed by atoms with Crippen LogP contribution < -0.4 is 4.90 Å². The highest BCUT2D eigenvalue weighted by Gasteiger charge is 2.49. The number of thioether (sulfide) groups is 1. The molecule has 0 radical (unpaired) electrons. The molecular weight excluding hydrogens is 356 g/mol. The summed E-state index contributed by atoms with van der Waals surface area (Å²) in [6.07, 6.45) is 1.80. The van der Waals surface area contributed by atoms with Gasteiger partial charge in [-0.3, -0.25) is 4.79 Å². The Morgan fingerprint density at radius 3 is 2.78 bits per heavy atom. The Morgan fingerprint density at radius 2 is 2.09 bits per heavy atom. The lowest BCUT2D eigenvalue weighted by Gasteiger charge is -2.24. The first-order valence-electron chi connectivity index (χ1n) is 7.47. The third kappa shape index (κ3) is 3.02. The molecule has 1 saturated carbocycles. The van der Waals surface area contributed by atoms with Crippen molar-refractivity contribution >= 4 is 50.0 Å². The summed E-state index contributed by atoms with van der Waals surface area (Å²) in [6.45, 7) is 0. The summed E-state index contributed by atoms with van der Waals surface area (Å²) in [5.41, 5.74) is 0.789. The van der Waals surface area contributed by atoms with Crippen molar-refractivity contribution in [1.29, 1.82) is 0 Å². The minimum Gasteiger partial charge on any atom is -0.316 e. The number of amides is 1. The third-order valence-electron chi connectivity index (χ3n) is 4.29. The molecular formula is C15H15ClN2O3S2. The molecule has 1 aromatic rings. The van der Waals surface area contributed by atoms with Crippen LogP contribution in [0.15, 0.2) is 29.3 Å². The second-order valence-electron chi connectivity index (χ2n) is 6.16. The molecule has 4 rings (SSSR count). The van der Waals surface area contributed by atoms with Gasteiger partial charge >= 0.3 is 0 Å². The number of aliphatic imine (C=N–C) groups is 1. The number of anilines is 1. The maximum Gasteiger partial charge on any atom is 0.251 e. The SMILES string of the molecule is O=C(N=C1SC2CS(=O)(=O)CC2N1c1cccc(Cl)c1)C1CC1. The second-order valence-corrected chi connectivity index (χ2v) is 9.95. The number of amidine groups is 1. The summed E-state index contributed by atoms with van der Waals surface area (Å²) in [4.78, 5) is 18.2. The number of halogens is 1. The molecule has 2 aliphatic heterocycles. The minimum atomic E-state index is -3.05. The maximum atomic E-state index is 12.1. The molecule has 23 heavy (non-hydrogen) atoms. The fourth-order valence-corrected chi connectivity index (χ4v) is 7.11. The van der Waals surface area contributed by atoms with E-state index in [1.165, 1.54) is 11.8 Å². The first-order chi connectivity index (χ1) is 10.9. The largest absolute Gasteiger partial charge is 0.316 e. The van der Waals surface area contributed by atoms with Gasteiger partial charge in [-0.05, 0) is 31.0 Å². The van der Waals surface area contributed by atoms with Crippen LogP contribution in [0.3, 0.4) is 0 Å². The third-order valence-corrected chi connectivity index (χ3v) is 7.73. The molecule has 2 unspecified atom stereocenters. The molecule has 3 fully saturated rings. The zero-order valence-corrected chi connectivity index (χ0v) is 14.6. The van der Waals surface area contributed by atoms with Gasteiger partial charge < -0.3 is 4.90 Å². The predicted molar refractivity (Wildman–Crippen MR) is 92.9 cm³/mol. The van der Waals surface area contributed by atoms with E-state index in [1.807, 2.05) is 17.0 Å². The highest BCUT2D eigenvalue weighted by Crippen LogP contribution is 2.42. The van der Waals surface area contributed by atoms with Gasteiger partial charge in [0.1, 0.15) is 0 Å². The molecule has 2 heterocycles. The van der Waals surface area contributed by atoms with Gasteiger partial charge in [-0.2, -0.15) is 4.99 Å². The van der Waals surface area contributed by atoms with Gasteiger partial charge in [0.2, 0.25) is 0 Å². The first kappa shape index (κ1) is 15.5. The second kappa shape index (κ2) is 5.50. The number of rotatable bonds is 2. The Bertz CT molecular complexity index is 805. The lowest BCUT2D eigenvalue weighted by molar-refractivity contribution is -0.118. The van der Waals surface area contributed by atoms with Crippen molar-refractivity contribution in [2.24, 2.45) is 10.9 Å². The smallest absolute Gasteiger partial charge is 0.251 e. The van der Waals surface area contributed by atoms with E-state index < -0.39 is 9.84 Å². The number of benzene rings is 1. The van der Waals surface area contributed by atoms with Gasteiger partial charge in [-0.1, -0.05) is 29.4 Å². The van der Waals surface area contributed by atoms with Gasteiger partial charge in [0.05, 0.1) is 17.5 Å². The Morgan fingerprint density at radius 1 is 1.30 bits per heavy atom. The number of hydrogen-bond donors (Lipinski definition) is 0. The summed E-state index contributed by atoms with van der Waals surface area (Å²) in [6, 6.07) is 7.06. The van der Waals surface area contributed by atoms with Crippen LogP contribution in [0.5, 0.6) is 0 Å². The zero-order valence-electron chi connectivity index (χ0n) is 12.2. The van der Waals surface area contributed by atoms with Crippen molar-refractivity contribution in [2.45, 2.75) is 24.1 Å². The van der Waals surface area contributed by atoms with E-state index in [-0.39, 0.29) is 34.6 Å². The summed E-state index contributed by atoms with van der Waals surface area (Å²) in [7, 11) is -3.05. The molecule has 122 valence electrons. The Hall–Kier alpha value is -1.05. The summed E-state index contributed by atoms with van der Waals surface area (Å²) in [5.74, 6) is 0.181. The van der Waals surface area contributed by atoms with Crippen LogP contribution in [0.2, 0.25) is 5.02 Å². The van der Waals surface area contributed by atoms with Gasteiger partial charge in [-0.25, -0.2) is 8.42 Å². The molecule has 3 aliphatic rings. The van der Waals surface area contributed by atoms with Gasteiger partial charge in [0.25, 0.3) is 5.91 Å². The highest BCUT2D eigenvalue weighted by atomic mass is 35.5. The lowest BCUT2D eigenvalue weighted by Crippen LogP contribution is -2.37. The minimum absolute atomic E-state index is 0.0495. The molecule has 2 saturated heterocycles. The van der Waals surface area contributed by atoms with Crippen molar-refractivity contribution < 1.29 is 13.2 Å². The summed E-state index contributed by atoms with van der Waals surface area (Å²) in [5, 5.41) is 1.10. The molecule has 1 amide bonds. The standard InChI is InChI=1S/C15H15ClN2O3S2/c16-10-2-1-3-11(6-10)18-12-7-23(20,21)8-13(12)22-15(18)17-14(19)9-4-5-9/h1-3,6,9,12-13H,4-5,7-8H2. The van der Waals surface area contributed by atoms with Gasteiger partial charge in [0.15, 0.2) is 15.0 Å². The average molecular weight is 371 g/mol. The van der Waals surface area contributed by atoms with Crippen LogP contribution in [-0.2, 0) is 14.6 Å². The fourth-order valence-electron chi connectivity index (χ4n) is 3.01. The number of hydrogen-bond acceptors (Lipinski definition) is 4. The van der Waals surface area contributed by atoms with Crippen molar-refractivity contribution in [3.05, 3.63) is 29.3 Å². The van der Waals surface area contributed by atoms with E-state index in [1.54, 1.807) is 12.1 Å².